The van der Waals surface area contributed by atoms with Crippen LogP contribution in [0.3, 0.4) is 0 Å². The second-order valence-electron chi connectivity index (χ2n) is 5.92. The van der Waals surface area contributed by atoms with Gasteiger partial charge in [0.1, 0.15) is 11.3 Å². The van der Waals surface area contributed by atoms with Gasteiger partial charge in [-0.2, -0.15) is 0 Å². The van der Waals surface area contributed by atoms with E-state index in [9.17, 15) is 20.0 Å². The van der Waals surface area contributed by atoms with E-state index in [0.717, 1.165) is 28.6 Å². The van der Waals surface area contributed by atoms with Gasteiger partial charge in [0.05, 0.1) is 12.0 Å². The summed E-state index contributed by atoms with van der Waals surface area (Å²) in [6.07, 6.45) is 2.42. The number of nitro benzene ring substituents is 1. The number of rotatable bonds is 6. The minimum Gasteiger partial charge on any atom is -0.496 e. The Bertz CT molecular complexity index is 1010. The average Bonchev–Trinajstić information content (AvgIpc) is 2.98. The second-order valence-corrected chi connectivity index (χ2v) is 5.92. The summed E-state index contributed by atoms with van der Waals surface area (Å²) in [5.74, 6) is -0.761. The summed E-state index contributed by atoms with van der Waals surface area (Å²) < 4.78 is 7.11. The van der Waals surface area contributed by atoms with Crippen LogP contribution in [-0.4, -0.2) is 27.7 Å². The van der Waals surface area contributed by atoms with E-state index in [4.69, 9.17) is 4.74 Å². The molecule has 3 aromatic rings. The Balaban J connectivity index is 2.08. The molecule has 0 aliphatic heterocycles. The van der Waals surface area contributed by atoms with Gasteiger partial charge in [-0.1, -0.05) is 6.07 Å². The molecular formula is C19H18N2O5. The normalized spacial score (nSPS) is 10.8. The first-order chi connectivity index (χ1) is 12.4. The molecule has 0 aliphatic rings. The van der Waals surface area contributed by atoms with Crippen molar-refractivity contribution < 1.29 is 19.6 Å². The Morgan fingerprint density at radius 3 is 2.65 bits per heavy atom. The number of hydrogen-bond donors (Lipinski definition) is 1. The number of hydrogen-bond acceptors (Lipinski definition) is 4. The lowest BCUT2D eigenvalue weighted by molar-refractivity contribution is -0.384. The predicted octanol–water partition coefficient (Wildman–Crippen LogP) is 3.87. The first-order valence-electron chi connectivity index (χ1n) is 8.11. The second kappa shape index (κ2) is 6.87. The van der Waals surface area contributed by atoms with Crippen molar-refractivity contribution in [3.05, 3.63) is 69.4 Å². The molecule has 1 N–H and O–H groups in total. The fourth-order valence-electron chi connectivity index (χ4n) is 3.13. The van der Waals surface area contributed by atoms with Gasteiger partial charge in [-0.3, -0.25) is 10.1 Å². The zero-order valence-electron chi connectivity index (χ0n) is 14.4. The van der Waals surface area contributed by atoms with Crippen LogP contribution < -0.4 is 4.74 Å². The topological polar surface area (TPSA) is 94.6 Å². The zero-order valence-corrected chi connectivity index (χ0v) is 14.4. The Hall–Kier alpha value is -3.35. The van der Waals surface area contributed by atoms with Gasteiger partial charge in [0.2, 0.25) is 0 Å². The number of aromatic nitrogens is 1. The third kappa shape index (κ3) is 3.11. The monoisotopic (exact) mass is 354 g/mol. The predicted molar refractivity (Wildman–Crippen MR) is 97.0 cm³/mol. The maximum atomic E-state index is 11.4. The molecule has 0 atom stereocenters. The zero-order chi connectivity index (χ0) is 18.8. The van der Waals surface area contributed by atoms with Gasteiger partial charge >= 0.3 is 5.97 Å². The van der Waals surface area contributed by atoms with Gasteiger partial charge in [0.25, 0.3) is 5.69 Å². The summed E-state index contributed by atoms with van der Waals surface area (Å²) in [6, 6.07) is 9.81. The van der Waals surface area contributed by atoms with E-state index >= 15 is 0 Å². The van der Waals surface area contributed by atoms with E-state index < -0.39 is 10.9 Å². The van der Waals surface area contributed by atoms with Crippen molar-refractivity contribution in [3.8, 4) is 5.75 Å². The maximum absolute atomic E-state index is 11.4. The molecule has 0 amide bonds. The highest BCUT2D eigenvalue weighted by Crippen LogP contribution is 2.29. The van der Waals surface area contributed by atoms with E-state index in [1.807, 2.05) is 17.7 Å². The summed E-state index contributed by atoms with van der Waals surface area (Å²) >= 11 is 0. The molecule has 0 saturated heterocycles. The van der Waals surface area contributed by atoms with Crippen molar-refractivity contribution in [2.45, 2.75) is 19.9 Å². The molecule has 0 radical (unpaired) electrons. The molecular weight excluding hydrogens is 336 g/mol. The van der Waals surface area contributed by atoms with Crippen molar-refractivity contribution in [1.29, 1.82) is 0 Å². The highest BCUT2D eigenvalue weighted by atomic mass is 16.6. The standard InChI is InChI=1S/C19H18N2O5/c1-3-20-11-13(15-10-14(21(24)25)5-6-17(15)20)8-12-4-7-18(26-2)16(9-12)19(22)23/h4-7,9-11H,3,8H2,1-2H3,(H,22,23). The summed E-state index contributed by atoms with van der Waals surface area (Å²) in [5.41, 5.74) is 2.75. The molecule has 7 heteroatoms. The van der Waals surface area contributed by atoms with Crippen LogP contribution in [0, 0.1) is 10.1 Å². The SMILES string of the molecule is CCn1cc(Cc2ccc(OC)c(C(=O)O)c2)c2cc([N+](=O)[O-])ccc21. The maximum Gasteiger partial charge on any atom is 0.339 e. The van der Waals surface area contributed by atoms with E-state index in [1.54, 1.807) is 30.3 Å². The Labute approximate surface area is 149 Å². The highest BCUT2D eigenvalue weighted by Gasteiger charge is 2.16. The van der Waals surface area contributed by atoms with Gasteiger partial charge in [0.15, 0.2) is 0 Å². The first-order valence-corrected chi connectivity index (χ1v) is 8.11. The largest absolute Gasteiger partial charge is 0.496 e. The molecule has 7 nitrogen and oxygen atoms in total. The fourth-order valence-corrected chi connectivity index (χ4v) is 3.13. The van der Waals surface area contributed by atoms with Gasteiger partial charge < -0.3 is 14.4 Å². The molecule has 1 heterocycles. The number of aryl methyl sites for hydroxylation is 1. The number of methoxy groups -OCH3 is 1. The third-order valence-corrected chi connectivity index (χ3v) is 4.39. The Kier molecular flexibility index (Phi) is 4.62. The number of aromatic carboxylic acids is 1. The van der Waals surface area contributed by atoms with Crippen LogP contribution in [-0.2, 0) is 13.0 Å². The van der Waals surface area contributed by atoms with Gasteiger partial charge in [-0.15, -0.1) is 0 Å². The molecule has 0 spiro atoms. The molecule has 0 bridgehead atoms. The number of carboxylic acids is 1. The number of non-ortho nitro benzene ring substituents is 1. The number of nitro groups is 1. The van der Waals surface area contributed by atoms with Crippen molar-refractivity contribution in [1.82, 2.24) is 4.57 Å². The lowest BCUT2D eigenvalue weighted by atomic mass is 10.0. The summed E-state index contributed by atoms with van der Waals surface area (Å²) in [6.45, 7) is 2.73. The van der Waals surface area contributed by atoms with Gasteiger partial charge in [-0.05, 0) is 42.7 Å². The van der Waals surface area contributed by atoms with Gasteiger partial charge in [-0.25, -0.2) is 4.79 Å². The lowest BCUT2D eigenvalue weighted by Crippen LogP contribution is -2.02. The smallest absolute Gasteiger partial charge is 0.339 e. The Morgan fingerprint density at radius 1 is 1.27 bits per heavy atom. The molecule has 134 valence electrons. The first kappa shape index (κ1) is 17.5. The average molecular weight is 354 g/mol. The quantitative estimate of drug-likeness (QED) is 0.536. The number of carbonyl (C=O) groups is 1. The molecule has 0 unspecified atom stereocenters. The third-order valence-electron chi connectivity index (χ3n) is 4.39. The van der Waals surface area contributed by atoms with Crippen molar-refractivity contribution in [2.24, 2.45) is 0 Å². The Morgan fingerprint density at radius 2 is 2.04 bits per heavy atom. The number of nitrogens with zero attached hydrogens (tertiary/aromatic N) is 2. The van der Waals surface area contributed by atoms with Crippen LogP contribution in [0.4, 0.5) is 5.69 Å². The van der Waals surface area contributed by atoms with E-state index in [-0.39, 0.29) is 11.3 Å². The summed E-state index contributed by atoms with van der Waals surface area (Å²) in [7, 11) is 1.43. The van der Waals surface area contributed by atoms with Crippen LogP contribution >= 0.6 is 0 Å². The van der Waals surface area contributed by atoms with Crippen molar-refractivity contribution in [3.63, 3.8) is 0 Å². The number of ether oxygens (including phenoxy) is 1. The molecule has 1 aromatic heterocycles. The van der Waals surface area contributed by atoms with E-state index in [2.05, 4.69) is 0 Å². The molecule has 26 heavy (non-hydrogen) atoms. The summed E-state index contributed by atoms with van der Waals surface area (Å²) in [5, 5.41) is 21.2. The minimum absolute atomic E-state index is 0.0357. The van der Waals surface area contributed by atoms with Crippen LogP contribution in [0.2, 0.25) is 0 Å². The van der Waals surface area contributed by atoms with Crippen molar-refractivity contribution >= 4 is 22.6 Å². The number of carboxylic acid groups (broad SMARTS) is 1. The number of benzene rings is 2. The fraction of sp³-hybridized carbons (Fsp3) is 0.211. The van der Waals surface area contributed by atoms with E-state index in [0.29, 0.717) is 12.2 Å². The van der Waals surface area contributed by atoms with Gasteiger partial charge in [0, 0.05) is 35.8 Å². The van der Waals surface area contributed by atoms with Crippen molar-refractivity contribution in [2.75, 3.05) is 7.11 Å². The minimum atomic E-state index is -1.06. The highest BCUT2D eigenvalue weighted by molar-refractivity contribution is 5.91. The molecule has 0 saturated carbocycles. The summed E-state index contributed by atoms with van der Waals surface area (Å²) in [4.78, 5) is 22.1. The van der Waals surface area contributed by atoms with Crippen LogP contribution in [0.25, 0.3) is 10.9 Å². The molecule has 3 rings (SSSR count). The van der Waals surface area contributed by atoms with Crippen LogP contribution in [0.1, 0.15) is 28.4 Å². The molecule has 2 aromatic carbocycles. The molecule has 0 aliphatic carbocycles. The van der Waals surface area contributed by atoms with Crippen LogP contribution in [0.5, 0.6) is 5.75 Å². The molecule has 0 fully saturated rings. The number of fused-ring (bicyclic) bond motifs is 1. The van der Waals surface area contributed by atoms with E-state index in [1.165, 1.54) is 13.2 Å². The van der Waals surface area contributed by atoms with Crippen LogP contribution in [0.15, 0.2) is 42.6 Å². The lowest BCUT2D eigenvalue weighted by Gasteiger charge is -2.07.